The largest absolute Gasteiger partial charge is 0.360 e. The van der Waals surface area contributed by atoms with Crippen molar-refractivity contribution in [2.75, 3.05) is 0 Å². The van der Waals surface area contributed by atoms with E-state index >= 15 is 0 Å². The molecule has 4 aromatic rings. The van der Waals surface area contributed by atoms with Crippen molar-refractivity contribution in [1.82, 2.24) is 5.32 Å². The summed E-state index contributed by atoms with van der Waals surface area (Å²) in [5, 5.41) is 5.79. The van der Waals surface area contributed by atoms with E-state index in [9.17, 15) is 0 Å². The van der Waals surface area contributed by atoms with Gasteiger partial charge in [-0.3, -0.25) is 0 Å². The third-order valence-corrected chi connectivity index (χ3v) is 7.87. The average molecular weight is 504 g/mol. The molecule has 0 spiro atoms. The van der Waals surface area contributed by atoms with Crippen LogP contribution in [0.4, 0.5) is 0 Å². The van der Waals surface area contributed by atoms with Crippen LogP contribution in [0.1, 0.15) is 37.5 Å². The number of hydrogen-bond acceptors (Lipinski definition) is 1. The van der Waals surface area contributed by atoms with Gasteiger partial charge in [0, 0.05) is 16.8 Å². The smallest absolute Gasteiger partial charge is 0.0308 e. The Balaban J connectivity index is 1.34. The zero-order valence-electron chi connectivity index (χ0n) is 22.8. The van der Waals surface area contributed by atoms with E-state index in [1.54, 1.807) is 0 Å². The Morgan fingerprint density at radius 3 is 2.08 bits per heavy atom. The highest BCUT2D eigenvalue weighted by Crippen LogP contribution is 2.49. The van der Waals surface area contributed by atoms with Crippen molar-refractivity contribution in [3.63, 3.8) is 0 Å². The van der Waals surface area contributed by atoms with Crippen LogP contribution in [0.25, 0.3) is 38.6 Å². The van der Waals surface area contributed by atoms with Gasteiger partial charge in [-0.1, -0.05) is 118 Å². The highest BCUT2D eigenvalue weighted by molar-refractivity contribution is 5.92. The van der Waals surface area contributed by atoms with Crippen molar-refractivity contribution in [3.05, 3.63) is 162 Å². The molecule has 190 valence electrons. The van der Waals surface area contributed by atoms with Crippen molar-refractivity contribution >= 4 is 16.3 Å². The van der Waals surface area contributed by atoms with E-state index in [-0.39, 0.29) is 5.41 Å². The summed E-state index contributed by atoms with van der Waals surface area (Å²) in [4.78, 5) is 0. The fourth-order valence-electron chi connectivity index (χ4n) is 5.75. The first kappa shape index (κ1) is 24.7. The van der Waals surface area contributed by atoms with E-state index < -0.39 is 0 Å². The lowest BCUT2D eigenvalue weighted by atomic mass is 9.81. The number of nitrogens with one attached hydrogen (secondary N) is 1. The molecule has 0 amide bonds. The zero-order chi connectivity index (χ0) is 27.0. The van der Waals surface area contributed by atoms with Crippen molar-refractivity contribution in [3.8, 4) is 22.3 Å². The Kier molecular flexibility index (Phi) is 6.29. The molecule has 0 atom stereocenters. The molecule has 0 fully saturated rings. The number of allylic oxidation sites excluding steroid dienone is 10. The molecule has 1 aliphatic carbocycles. The van der Waals surface area contributed by atoms with Crippen molar-refractivity contribution in [2.24, 2.45) is 0 Å². The molecule has 1 N–H and O–H groups in total. The molecule has 0 saturated heterocycles. The van der Waals surface area contributed by atoms with E-state index in [1.165, 1.54) is 49.7 Å². The summed E-state index contributed by atoms with van der Waals surface area (Å²) >= 11 is 0. The van der Waals surface area contributed by atoms with Crippen LogP contribution in [0.2, 0.25) is 0 Å². The SMILES string of the molecule is C=C1\C=C/C(c2ccc3cc(-c4ccc5c(c4)C(C)(C)c4ccccc4-5)ccc3c2)=C\C=C\C=C/C=C(\C)N1. The molecule has 6 rings (SSSR count). The summed E-state index contributed by atoms with van der Waals surface area (Å²) in [5.74, 6) is 0. The highest BCUT2D eigenvalue weighted by Gasteiger charge is 2.35. The molecule has 1 aliphatic heterocycles. The van der Waals surface area contributed by atoms with Gasteiger partial charge < -0.3 is 5.32 Å². The summed E-state index contributed by atoms with van der Waals surface area (Å²) in [6, 6.07) is 29.3. The third-order valence-electron chi connectivity index (χ3n) is 7.87. The Bertz CT molecular complexity index is 1770. The van der Waals surface area contributed by atoms with E-state index in [4.69, 9.17) is 0 Å². The maximum atomic E-state index is 4.14. The maximum Gasteiger partial charge on any atom is 0.0308 e. The Labute approximate surface area is 231 Å². The minimum atomic E-state index is 0.00258. The molecule has 0 radical (unpaired) electrons. The first-order valence-electron chi connectivity index (χ1n) is 13.5. The van der Waals surface area contributed by atoms with Gasteiger partial charge in [-0.2, -0.15) is 0 Å². The third kappa shape index (κ3) is 4.73. The topological polar surface area (TPSA) is 12.0 Å². The fourth-order valence-corrected chi connectivity index (χ4v) is 5.75. The molecule has 4 aromatic carbocycles. The van der Waals surface area contributed by atoms with Gasteiger partial charge in [0.15, 0.2) is 0 Å². The fraction of sp³-hybridized carbons (Fsp3) is 0.105. The summed E-state index contributed by atoms with van der Waals surface area (Å²) in [6.07, 6.45) is 16.5. The second kappa shape index (κ2) is 9.93. The predicted octanol–water partition coefficient (Wildman–Crippen LogP) is 9.89. The molecule has 0 bridgehead atoms. The standard InChI is InChI=1S/C38H33N/c1-26-11-7-5-6-8-12-28(16-15-27(2)39-26)29-17-18-31-24-32(20-19-30(31)23-29)33-21-22-35-34-13-9-10-14-36(34)38(3,4)37(35)25-33/h5-25,39H,2H2,1,3-4H3/b7-5-,8-6+,16-15-,26-11+,28-12+. The van der Waals surface area contributed by atoms with Crippen LogP contribution in [0, 0.1) is 0 Å². The Hall–Kier alpha value is -4.62. The summed E-state index contributed by atoms with van der Waals surface area (Å²) < 4.78 is 0. The number of hydrogen-bond donors (Lipinski definition) is 1. The van der Waals surface area contributed by atoms with E-state index in [0.29, 0.717) is 0 Å². The molecule has 1 heteroatoms. The number of fused-ring (bicyclic) bond motifs is 4. The maximum absolute atomic E-state index is 4.14. The summed E-state index contributed by atoms with van der Waals surface area (Å²) in [6.45, 7) is 10.9. The number of benzene rings is 4. The van der Waals surface area contributed by atoms with Crippen molar-refractivity contribution in [2.45, 2.75) is 26.2 Å². The Morgan fingerprint density at radius 2 is 1.26 bits per heavy atom. The van der Waals surface area contributed by atoms with Gasteiger partial charge in [-0.15, -0.1) is 0 Å². The summed E-state index contributed by atoms with van der Waals surface area (Å²) in [7, 11) is 0. The second-order valence-electron chi connectivity index (χ2n) is 10.9. The second-order valence-corrected chi connectivity index (χ2v) is 10.9. The molecule has 0 saturated carbocycles. The lowest BCUT2D eigenvalue weighted by molar-refractivity contribution is 0.660. The van der Waals surface area contributed by atoms with Crippen molar-refractivity contribution in [1.29, 1.82) is 0 Å². The van der Waals surface area contributed by atoms with Crippen LogP contribution in [0.5, 0.6) is 0 Å². The normalized spacial score (nSPS) is 21.2. The van der Waals surface area contributed by atoms with E-state index in [1.807, 2.05) is 31.2 Å². The average Bonchev–Trinajstić information content (AvgIpc) is 3.17. The van der Waals surface area contributed by atoms with Gasteiger partial charge in [0.2, 0.25) is 0 Å². The van der Waals surface area contributed by atoms with Gasteiger partial charge in [-0.25, -0.2) is 0 Å². The summed E-state index contributed by atoms with van der Waals surface area (Å²) in [5.41, 5.74) is 12.3. The highest BCUT2D eigenvalue weighted by atomic mass is 14.9. The quantitative estimate of drug-likeness (QED) is 0.287. The molecule has 39 heavy (non-hydrogen) atoms. The van der Waals surface area contributed by atoms with Crippen LogP contribution >= 0.6 is 0 Å². The van der Waals surface area contributed by atoms with Gasteiger partial charge in [0.05, 0.1) is 0 Å². The van der Waals surface area contributed by atoms with Gasteiger partial charge in [0.25, 0.3) is 0 Å². The van der Waals surface area contributed by atoms with E-state index in [2.05, 4.69) is 129 Å². The van der Waals surface area contributed by atoms with Gasteiger partial charge in [-0.05, 0) is 92.6 Å². The van der Waals surface area contributed by atoms with E-state index in [0.717, 1.165) is 17.0 Å². The van der Waals surface area contributed by atoms with Crippen LogP contribution in [0.15, 0.2) is 145 Å². The molecule has 1 heterocycles. The molecular weight excluding hydrogens is 470 g/mol. The van der Waals surface area contributed by atoms with Gasteiger partial charge >= 0.3 is 0 Å². The number of rotatable bonds is 2. The lowest BCUT2D eigenvalue weighted by Crippen LogP contribution is -2.14. The van der Waals surface area contributed by atoms with Crippen LogP contribution in [0.3, 0.4) is 0 Å². The van der Waals surface area contributed by atoms with Crippen LogP contribution in [-0.4, -0.2) is 0 Å². The predicted molar refractivity (Wildman–Crippen MR) is 168 cm³/mol. The first-order valence-corrected chi connectivity index (χ1v) is 13.5. The molecule has 2 aliphatic rings. The molecule has 0 aromatic heterocycles. The monoisotopic (exact) mass is 503 g/mol. The van der Waals surface area contributed by atoms with Crippen LogP contribution in [-0.2, 0) is 5.41 Å². The lowest BCUT2D eigenvalue weighted by Gasteiger charge is -2.22. The Morgan fingerprint density at radius 1 is 0.615 bits per heavy atom. The molecular formula is C38H33N. The molecule has 1 nitrogen and oxygen atoms in total. The van der Waals surface area contributed by atoms with Crippen molar-refractivity contribution < 1.29 is 0 Å². The van der Waals surface area contributed by atoms with Gasteiger partial charge in [0.1, 0.15) is 0 Å². The zero-order valence-corrected chi connectivity index (χ0v) is 22.8. The minimum Gasteiger partial charge on any atom is -0.360 e. The molecule has 0 unspecified atom stereocenters. The van der Waals surface area contributed by atoms with Crippen LogP contribution < -0.4 is 5.32 Å². The minimum absolute atomic E-state index is 0.00258. The first-order chi connectivity index (χ1) is 18.9.